The third-order valence-electron chi connectivity index (χ3n) is 3.21. The number of phenols is 1. The van der Waals surface area contributed by atoms with Crippen molar-refractivity contribution in [3.63, 3.8) is 0 Å². The molecule has 126 valence electrons. The maximum atomic E-state index is 12.0. The quantitative estimate of drug-likeness (QED) is 0.626. The summed E-state index contributed by atoms with van der Waals surface area (Å²) < 4.78 is 15.8. The van der Waals surface area contributed by atoms with E-state index in [-0.39, 0.29) is 5.75 Å². The number of ether oxygens (including phenoxy) is 3. The van der Waals surface area contributed by atoms with Crippen LogP contribution in [0, 0.1) is 0 Å². The lowest BCUT2D eigenvalue weighted by molar-refractivity contribution is 0.0954. The zero-order valence-electron chi connectivity index (χ0n) is 13.6. The summed E-state index contributed by atoms with van der Waals surface area (Å²) in [6.07, 6.45) is 1.43. The molecule has 0 bridgehead atoms. The van der Waals surface area contributed by atoms with E-state index < -0.39 is 5.91 Å². The molecule has 0 fully saturated rings. The molecule has 0 aliphatic heterocycles. The molecule has 2 N–H and O–H groups in total. The fraction of sp³-hybridized carbons (Fsp3) is 0.176. The molecule has 0 spiro atoms. The van der Waals surface area contributed by atoms with Gasteiger partial charge in [-0.3, -0.25) is 4.79 Å². The molecule has 0 atom stereocenters. The average Bonchev–Trinajstić information content (AvgIpc) is 2.60. The van der Waals surface area contributed by atoms with E-state index in [4.69, 9.17) is 14.2 Å². The van der Waals surface area contributed by atoms with Gasteiger partial charge in [-0.1, -0.05) is 6.07 Å². The number of hydrogen-bond donors (Lipinski definition) is 2. The van der Waals surface area contributed by atoms with Crippen LogP contribution in [0.25, 0.3) is 0 Å². The van der Waals surface area contributed by atoms with Gasteiger partial charge in [-0.05, 0) is 30.3 Å². The highest BCUT2D eigenvalue weighted by Gasteiger charge is 2.14. The van der Waals surface area contributed by atoms with Crippen molar-refractivity contribution in [3.05, 3.63) is 47.5 Å². The van der Waals surface area contributed by atoms with Crippen LogP contribution in [0.4, 0.5) is 0 Å². The first-order valence-electron chi connectivity index (χ1n) is 7.02. The Morgan fingerprint density at radius 2 is 1.83 bits per heavy atom. The molecule has 7 heteroatoms. The summed E-state index contributed by atoms with van der Waals surface area (Å²) >= 11 is 0. The zero-order valence-corrected chi connectivity index (χ0v) is 13.6. The van der Waals surface area contributed by atoms with E-state index in [1.807, 2.05) is 0 Å². The Labute approximate surface area is 139 Å². The van der Waals surface area contributed by atoms with Crippen LogP contribution in [-0.2, 0) is 0 Å². The van der Waals surface area contributed by atoms with Crippen LogP contribution in [0.5, 0.6) is 23.0 Å². The Bertz CT molecular complexity index is 759. The predicted octanol–water partition coefficient (Wildman–Crippen LogP) is 2.18. The number of nitrogens with zero attached hydrogens (tertiary/aromatic N) is 1. The summed E-state index contributed by atoms with van der Waals surface area (Å²) in [5.74, 6) is 0.959. The van der Waals surface area contributed by atoms with Crippen molar-refractivity contribution >= 4 is 12.1 Å². The Hall–Kier alpha value is -3.22. The molecule has 0 radical (unpaired) electrons. The van der Waals surface area contributed by atoms with E-state index in [0.717, 1.165) is 0 Å². The summed E-state index contributed by atoms with van der Waals surface area (Å²) in [6.45, 7) is 0. The third kappa shape index (κ3) is 3.75. The van der Waals surface area contributed by atoms with Crippen molar-refractivity contribution < 1.29 is 24.1 Å². The molecule has 24 heavy (non-hydrogen) atoms. The van der Waals surface area contributed by atoms with Gasteiger partial charge in [0.25, 0.3) is 5.91 Å². The van der Waals surface area contributed by atoms with Crippen molar-refractivity contribution in [1.29, 1.82) is 0 Å². The minimum absolute atomic E-state index is 0.00758. The molecule has 0 aliphatic carbocycles. The molecular formula is C17H18N2O5. The van der Waals surface area contributed by atoms with Gasteiger partial charge in [0.05, 0.1) is 27.5 Å². The van der Waals surface area contributed by atoms with E-state index in [1.54, 1.807) is 24.3 Å². The first-order valence-corrected chi connectivity index (χ1v) is 7.02. The number of phenolic OH excluding ortho intramolecular Hbond substituents is 1. The van der Waals surface area contributed by atoms with Crippen molar-refractivity contribution in [3.8, 4) is 23.0 Å². The average molecular weight is 330 g/mol. The number of amides is 1. The molecule has 7 nitrogen and oxygen atoms in total. The number of hydrogen-bond acceptors (Lipinski definition) is 6. The van der Waals surface area contributed by atoms with E-state index in [2.05, 4.69) is 10.5 Å². The van der Waals surface area contributed by atoms with E-state index in [9.17, 15) is 9.90 Å². The molecule has 1 amide bonds. The van der Waals surface area contributed by atoms with Gasteiger partial charge >= 0.3 is 0 Å². The van der Waals surface area contributed by atoms with Gasteiger partial charge in [0.2, 0.25) is 5.75 Å². The van der Waals surface area contributed by atoms with Gasteiger partial charge in [-0.15, -0.1) is 0 Å². The summed E-state index contributed by atoms with van der Waals surface area (Å²) in [6, 6.07) is 9.41. The maximum absolute atomic E-state index is 12.0. The number of aromatic hydroxyl groups is 1. The van der Waals surface area contributed by atoms with Gasteiger partial charge in [0.1, 0.15) is 5.75 Å². The molecule has 0 aliphatic rings. The number of carbonyl (C=O) groups excluding carboxylic acids is 1. The second-order valence-corrected chi connectivity index (χ2v) is 4.67. The topological polar surface area (TPSA) is 89.4 Å². The van der Waals surface area contributed by atoms with Gasteiger partial charge in [0, 0.05) is 11.1 Å². The fourth-order valence-electron chi connectivity index (χ4n) is 2.10. The molecule has 2 aromatic carbocycles. The van der Waals surface area contributed by atoms with Crippen LogP contribution < -0.4 is 19.6 Å². The molecular weight excluding hydrogens is 312 g/mol. The van der Waals surface area contributed by atoms with Gasteiger partial charge in [0.15, 0.2) is 11.5 Å². The molecule has 2 rings (SSSR count). The highest BCUT2D eigenvalue weighted by atomic mass is 16.5. The van der Waals surface area contributed by atoms with E-state index in [1.165, 1.54) is 39.7 Å². The lowest BCUT2D eigenvalue weighted by atomic mass is 10.2. The lowest BCUT2D eigenvalue weighted by Crippen LogP contribution is -2.17. The highest BCUT2D eigenvalue weighted by molar-refractivity contribution is 5.95. The highest BCUT2D eigenvalue weighted by Crippen LogP contribution is 2.38. The Balaban J connectivity index is 2.18. The van der Waals surface area contributed by atoms with E-state index >= 15 is 0 Å². The maximum Gasteiger partial charge on any atom is 0.271 e. The first kappa shape index (κ1) is 17.1. The number of carbonyl (C=O) groups is 1. The second kappa shape index (κ2) is 7.87. The lowest BCUT2D eigenvalue weighted by Gasteiger charge is -2.13. The second-order valence-electron chi connectivity index (χ2n) is 4.67. The summed E-state index contributed by atoms with van der Waals surface area (Å²) in [5, 5.41) is 13.3. The minimum atomic E-state index is -0.443. The predicted molar refractivity (Wildman–Crippen MR) is 89.3 cm³/mol. The number of methoxy groups -OCH3 is 3. The van der Waals surface area contributed by atoms with E-state index in [0.29, 0.717) is 28.4 Å². The molecule has 0 saturated carbocycles. The van der Waals surface area contributed by atoms with Crippen LogP contribution in [0.3, 0.4) is 0 Å². The molecule has 0 heterocycles. The van der Waals surface area contributed by atoms with Gasteiger partial charge in [-0.25, -0.2) is 5.43 Å². The molecule has 0 unspecified atom stereocenters. The van der Waals surface area contributed by atoms with Crippen LogP contribution >= 0.6 is 0 Å². The first-order chi connectivity index (χ1) is 11.6. The van der Waals surface area contributed by atoms with Crippen molar-refractivity contribution in [2.75, 3.05) is 21.3 Å². The molecule has 0 aromatic heterocycles. The van der Waals surface area contributed by atoms with Gasteiger partial charge < -0.3 is 19.3 Å². The standard InChI is InChI=1S/C17H18N2O5/c1-22-14-8-7-12(15(23-2)16(14)24-3)10-18-19-17(21)11-5-4-6-13(20)9-11/h4-10,20H,1-3H3,(H,19,21)/b18-10-. The third-order valence-corrected chi connectivity index (χ3v) is 3.21. The summed E-state index contributed by atoms with van der Waals surface area (Å²) in [5.41, 5.74) is 3.28. The SMILES string of the molecule is COc1ccc(/C=N\NC(=O)c2cccc(O)c2)c(OC)c1OC. The number of nitrogens with one attached hydrogen (secondary N) is 1. The van der Waals surface area contributed by atoms with Crippen LogP contribution in [0.2, 0.25) is 0 Å². The molecule has 2 aromatic rings. The van der Waals surface area contributed by atoms with Crippen LogP contribution in [0.15, 0.2) is 41.5 Å². The van der Waals surface area contributed by atoms with Crippen LogP contribution in [-0.4, -0.2) is 38.6 Å². The van der Waals surface area contributed by atoms with Crippen molar-refractivity contribution in [2.24, 2.45) is 5.10 Å². The summed E-state index contributed by atoms with van der Waals surface area (Å²) in [7, 11) is 4.53. The minimum Gasteiger partial charge on any atom is -0.508 e. The van der Waals surface area contributed by atoms with Crippen LogP contribution in [0.1, 0.15) is 15.9 Å². The van der Waals surface area contributed by atoms with Crippen molar-refractivity contribution in [2.45, 2.75) is 0 Å². The number of benzene rings is 2. The van der Waals surface area contributed by atoms with Crippen molar-refractivity contribution in [1.82, 2.24) is 5.43 Å². The monoisotopic (exact) mass is 330 g/mol. The normalized spacial score (nSPS) is 10.5. The Morgan fingerprint density at radius 1 is 1.08 bits per heavy atom. The Morgan fingerprint density at radius 3 is 2.46 bits per heavy atom. The number of hydrazone groups is 1. The smallest absolute Gasteiger partial charge is 0.271 e. The molecule has 0 saturated heterocycles. The van der Waals surface area contributed by atoms with Gasteiger partial charge in [-0.2, -0.15) is 5.10 Å². The summed E-state index contributed by atoms with van der Waals surface area (Å²) in [4.78, 5) is 12.0. The Kier molecular flexibility index (Phi) is 5.62. The largest absolute Gasteiger partial charge is 0.508 e. The number of rotatable bonds is 6. The fourth-order valence-corrected chi connectivity index (χ4v) is 2.10. The zero-order chi connectivity index (χ0) is 17.5.